The van der Waals surface area contributed by atoms with Gasteiger partial charge in [-0.05, 0) is 41.2 Å². The Bertz CT molecular complexity index is 1050. The number of aliphatic hydroxyl groups excluding tert-OH is 1. The molecule has 1 aromatic heterocycles. The molecule has 36 heavy (non-hydrogen) atoms. The van der Waals surface area contributed by atoms with Crippen molar-refractivity contribution in [3.8, 4) is 0 Å². The van der Waals surface area contributed by atoms with Crippen LogP contribution in [0.2, 0.25) is 0 Å². The SMILES string of the molecule is Cc1cn([C@H]2C[C@H](O)[C@@H](COP(=O)(OCCC3NC(C)(C)CC(C)O3)N(C)CCBr)O2)c(=O)[nH]c1=O. The minimum atomic E-state index is -3.72. The lowest BCUT2D eigenvalue weighted by Crippen LogP contribution is -2.55. The minimum Gasteiger partial charge on any atom is -0.390 e. The van der Waals surface area contributed by atoms with Gasteiger partial charge in [0, 0.05) is 42.0 Å². The molecular weight excluding hydrogens is 559 g/mol. The molecule has 2 fully saturated rings. The molecule has 2 aliphatic rings. The number of rotatable bonds is 11. The highest BCUT2D eigenvalue weighted by atomic mass is 79.9. The number of halogens is 1. The molecule has 14 heteroatoms. The number of aromatic amines is 1. The standard InChI is InChI=1S/C22H38BrN4O8P/c1-14-12-27(21(30)24-20(14)29)19-10-16(28)17(35-19)13-33-36(31,26(5)8-7-23)32-9-6-18-25-22(3,4)11-15(2)34-18/h12,15-19,25,28H,6-11,13H2,1-5H3,(H,24,29,30)/t15?,16-,17+,18?,19+,36?/m0/s1. The van der Waals surface area contributed by atoms with E-state index in [9.17, 15) is 19.3 Å². The van der Waals surface area contributed by atoms with E-state index in [0.29, 0.717) is 23.9 Å². The number of nitrogens with zero attached hydrogens (tertiary/aromatic N) is 2. The van der Waals surface area contributed by atoms with E-state index in [1.165, 1.54) is 15.4 Å². The number of nitrogens with one attached hydrogen (secondary N) is 2. The van der Waals surface area contributed by atoms with Gasteiger partial charge in [-0.3, -0.25) is 28.7 Å². The summed E-state index contributed by atoms with van der Waals surface area (Å²) in [5.41, 5.74) is -0.842. The molecule has 12 nitrogen and oxygen atoms in total. The van der Waals surface area contributed by atoms with Crippen LogP contribution < -0.4 is 16.6 Å². The highest BCUT2D eigenvalue weighted by molar-refractivity contribution is 9.09. The molecule has 206 valence electrons. The molecule has 0 aliphatic carbocycles. The van der Waals surface area contributed by atoms with Gasteiger partial charge in [0.25, 0.3) is 5.56 Å². The number of H-pyrrole nitrogens is 1. The summed E-state index contributed by atoms with van der Waals surface area (Å²) >= 11 is 3.34. The summed E-state index contributed by atoms with van der Waals surface area (Å²) in [5.74, 6) is 0. The van der Waals surface area contributed by atoms with Gasteiger partial charge in [-0.2, -0.15) is 0 Å². The first-order valence-electron chi connectivity index (χ1n) is 12.1. The smallest absolute Gasteiger partial charge is 0.390 e. The fourth-order valence-corrected chi connectivity index (χ4v) is 6.77. The lowest BCUT2D eigenvalue weighted by atomic mass is 9.95. The predicted molar refractivity (Wildman–Crippen MR) is 137 cm³/mol. The van der Waals surface area contributed by atoms with Crippen LogP contribution in [0.25, 0.3) is 0 Å². The lowest BCUT2D eigenvalue weighted by molar-refractivity contribution is -0.0943. The molecule has 2 saturated heterocycles. The maximum atomic E-state index is 13.7. The summed E-state index contributed by atoms with van der Waals surface area (Å²) in [6.45, 7) is 8.15. The molecule has 2 aliphatic heterocycles. The Morgan fingerprint density at radius 3 is 2.72 bits per heavy atom. The summed E-state index contributed by atoms with van der Waals surface area (Å²) in [6, 6.07) is 0. The van der Waals surface area contributed by atoms with Crippen molar-refractivity contribution in [1.29, 1.82) is 0 Å². The van der Waals surface area contributed by atoms with Gasteiger partial charge in [0.2, 0.25) is 0 Å². The van der Waals surface area contributed by atoms with Crippen LogP contribution in [0, 0.1) is 6.92 Å². The minimum absolute atomic E-state index is 0.0753. The first-order chi connectivity index (χ1) is 16.8. The van der Waals surface area contributed by atoms with Crippen LogP contribution >= 0.6 is 23.7 Å². The van der Waals surface area contributed by atoms with Crippen molar-refractivity contribution in [2.45, 2.75) is 83.3 Å². The average molecular weight is 597 g/mol. The van der Waals surface area contributed by atoms with E-state index >= 15 is 0 Å². The van der Waals surface area contributed by atoms with Gasteiger partial charge in [-0.1, -0.05) is 15.9 Å². The third-order valence-corrected chi connectivity index (χ3v) is 8.64. The van der Waals surface area contributed by atoms with Crippen LogP contribution in [0.15, 0.2) is 15.8 Å². The number of aryl methyl sites for hydroxylation is 1. The summed E-state index contributed by atoms with van der Waals surface area (Å²) in [6.07, 6.45) is 0.121. The fraction of sp³-hybridized carbons (Fsp3) is 0.818. The van der Waals surface area contributed by atoms with Crippen molar-refractivity contribution in [3.63, 3.8) is 0 Å². The Morgan fingerprint density at radius 2 is 2.06 bits per heavy atom. The summed E-state index contributed by atoms with van der Waals surface area (Å²) in [4.78, 5) is 26.1. The van der Waals surface area contributed by atoms with Gasteiger partial charge in [0.05, 0.1) is 25.4 Å². The quantitative estimate of drug-likeness (QED) is 0.255. The molecule has 0 radical (unpaired) electrons. The number of aromatic nitrogens is 2. The number of hydrogen-bond donors (Lipinski definition) is 3. The highest BCUT2D eigenvalue weighted by Crippen LogP contribution is 2.51. The second kappa shape index (κ2) is 12.3. The second-order valence-corrected chi connectivity index (χ2v) is 13.0. The van der Waals surface area contributed by atoms with Gasteiger partial charge >= 0.3 is 13.4 Å². The zero-order valence-electron chi connectivity index (χ0n) is 21.4. The Hall–Kier alpha value is -0.890. The van der Waals surface area contributed by atoms with E-state index in [2.05, 4.69) is 40.1 Å². The van der Waals surface area contributed by atoms with Crippen molar-refractivity contribution in [2.75, 3.05) is 32.1 Å². The number of hydrogen-bond acceptors (Lipinski definition) is 9. The highest BCUT2D eigenvalue weighted by Gasteiger charge is 2.40. The second-order valence-electron chi connectivity index (χ2n) is 10.0. The normalized spacial score (nSPS) is 29.9. The van der Waals surface area contributed by atoms with Gasteiger partial charge in [-0.25, -0.2) is 14.0 Å². The molecule has 1 aromatic rings. The van der Waals surface area contributed by atoms with Gasteiger partial charge in [0.1, 0.15) is 18.6 Å². The zero-order chi connectivity index (χ0) is 26.7. The maximum absolute atomic E-state index is 13.7. The topological polar surface area (TPSA) is 144 Å². The summed E-state index contributed by atoms with van der Waals surface area (Å²) < 4.78 is 39.7. The molecule has 3 heterocycles. The lowest BCUT2D eigenvalue weighted by Gasteiger charge is -2.40. The van der Waals surface area contributed by atoms with Crippen molar-refractivity contribution >= 4 is 23.7 Å². The van der Waals surface area contributed by atoms with E-state index < -0.39 is 37.4 Å². The van der Waals surface area contributed by atoms with Crippen molar-refractivity contribution in [1.82, 2.24) is 19.5 Å². The molecule has 0 spiro atoms. The Labute approximate surface area is 219 Å². The molecule has 3 N–H and O–H groups in total. The van der Waals surface area contributed by atoms with Gasteiger partial charge in [-0.15, -0.1) is 0 Å². The molecule has 0 bridgehead atoms. The Morgan fingerprint density at radius 1 is 1.33 bits per heavy atom. The number of ether oxygens (including phenoxy) is 2. The third-order valence-electron chi connectivity index (χ3n) is 6.27. The van der Waals surface area contributed by atoms with Crippen LogP contribution in [-0.4, -0.2) is 81.5 Å². The van der Waals surface area contributed by atoms with Crippen molar-refractivity contribution in [2.24, 2.45) is 0 Å². The molecule has 0 aromatic carbocycles. The van der Waals surface area contributed by atoms with Crippen LogP contribution in [0.5, 0.6) is 0 Å². The number of aliphatic hydroxyl groups is 1. The van der Waals surface area contributed by atoms with E-state index in [1.54, 1.807) is 14.0 Å². The van der Waals surface area contributed by atoms with Crippen LogP contribution in [-0.2, 0) is 23.1 Å². The number of alkyl halides is 1. The molecule has 0 amide bonds. The van der Waals surface area contributed by atoms with E-state index in [-0.39, 0.29) is 37.5 Å². The van der Waals surface area contributed by atoms with Crippen LogP contribution in [0.4, 0.5) is 0 Å². The Balaban J connectivity index is 1.61. The molecule has 3 rings (SSSR count). The van der Waals surface area contributed by atoms with Crippen molar-refractivity contribution < 1.29 is 28.2 Å². The summed E-state index contributed by atoms with van der Waals surface area (Å²) in [7, 11) is -2.08. The van der Waals surface area contributed by atoms with Crippen LogP contribution in [0.3, 0.4) is 0 Å². The third kappa shape index (κ3) is 7.58. The first-order valence-corrected chi connectivity index (χ1v) is 14.7. The fourth-order valence-electron chi connectivity index (χ4n) is 4.47. The van der Waals surface area contributed by atoms with E-state index in [0.717, 1.165) is 6.42 Å². The van der Waals surface area contributed by atoms with E-state index in [4.69, 9.17) is 18.5 Å². The monoisotopic (exact) mass is 596 g/mol. The summed E-state index contributed by atoms with van der Waals surface area (Å²) in [5, 5.41) is 14.5. The first kappa shape index (κ1) is 29.7. The maximum Gasteiger partial charge on any atom is 0.408 e. The molecule has 0 saturated carbocycles. The largest absolute Gasteiger partial charge is 0.408 e. The van der Waals surface area contributed by atoms with Gasteiger partial charge in [0.15, 0.2) is 0 Å². The van der Waals surface area contributed by atoms with E-state index in [1.807, 2.05) is 6.92 Å². The van der Waals surface area contributed by atoms with Crippen molar-refractivity contribution in [3.05, 3.63) is 32.6 Å². The molecule has 6 atom stereocenters. The molecule has 3 unspecified atom stereocenters. The molecular formula is C22H38BrN4O8P. The zero-order valence-corrected chi connectivity index (χ0v) is 23.9. The average Bonchev–Trinajstić information content (AvgIpc) is 3.14. The van der Waals surface area contributed by atoms with Crippen LogP contribution in [0.1, 0.15) is 51.8 Å². The van der Waals surface area contributed by atoms with Gasteiger partial charge < -0.3 is 14.6 Å². The predicted octanol–water partition coefficient (Wildman–Crippen LogP) is 1.85. The Kier molecular flexibility index (Phi) is 10.1.